The summed E-state index contributed by atoms with van der Waals surface area (Å²) in [7, 11) is 0. The van der Waals surface area contributed by atoms with Gasteiger partial charge in [-0.25, -0.2) is 9.37 Å². The molecule has 74 valence electrons. The number of H-pyrrole nitrogens is 1. The summed E-state index contributed by atoms with van der Waals surface area (Å²) >= 11 is 1.34. The predicted molar refractivity (Wildman–Crippen MR) is 59.4 cm³/mol. The number of fused-ring (bicyclic) bond motifs is 1. The van der Waals surface area contributed by atoms with E-state index in [4.69, 9.17) is 0 Å². The first-order chi connectivity index (χ1) is 7.34. The molecule has 0 saturated heterocycles. The normalized spacial score (nSPS) is 11.0. The van der Waals surface area contributed by atoms with Crippen LogP contribution in [0.3, 0.4) is 0 Å². The molecule has 0 spiro atoms. The number of para-hydroxylation sites is 2. The maximum absolute atomic E-state index is 13.3. The fourth-order valence-corrected chi connectivity index (χ4v) is 2.21. The number of hydrogen-bond donors (Lipinski definition) is 1. The number of rotatable bonds is 1. The minimum Gasteiger partial charge on any atom is -0.338 e. The van der Waals surface area contributed by atoms with Gasteiger partial charge in [0.15, 0.2) is 0 Å². The summed E-state index contributed by atoms with van der Waals surface area (Å²) < 4.78 is 13.3. The summed E-state index contributed by atoms with van der Waals surface area (Å²) in [5.41, 5.74) is 2.33. The molecule has 0 saturated carbocycles. The van der Waals surface area contributed by atoms with Crippen LogP contribution in [0.1, 0.15) is 0 Å². The van der Waals surface area contributed by atoms with Crippen LogP contribution in [-0.4, -0.2) is 9.97 Å². The van der Waals surface area contributed by atoms with Gasteiger partial charge < -0.3 is 4.98 Å². The van der Waals surface area contributed by atoms with E-state index in [0.717, 1.165) is 11.0 Å². The van der Waals surface area contributed by atoms with Crippen LogP contribution >= 0.6 is 11.3 Å². The molecule has 0 unspecified atom stereocenters. The fourth-order valence-electron chi connectivity index (χ4n) is 1.53. The Morgan fingerprint density at radius 3 is 2.80 bits per heavy atom. The van der Waals surface area contributed by atoms with Gasteiger partial charge in [0.25, 0.3) is 0 Å². The van der Waals surface area contributed by atoms with Crippen molar-refractivity contribution in [2.75, 3.05) is 0 Å². The second-order valence-corrected chi connectivity index (χ2v) is 3.98. The van der Waals surface area contributed by atoms with Crippen molar-refractivity contribution in [3.05, 3.63) is 40.8 Å². The highest BCUT2D eigenvalue weighted by molar-refractivity contribution is 7.08. The highest BCUT2D eigenvalue weighted by Gasteiger charge is 2.09. The summed E-state index contributed by atoms with van der Waals surface area (Å²) in [6.07, 6.45) is 0. The quantitative estimate of drug-likeness (QED) is 0.666. The van der Waals surface area contributed by atoms with Gasteiger partial charge in [0.2, 0.25) is 0 Å². The third-order valence-electron chi connectivity index (χ3n) is 2.26. The Morgan fingerprint density at radius 2 is 2.07 bits per heavy atom. The molecule has 0 amide bonds. The second kappa shape index (κ2) is 3.17. The third-order valence-corrected chi connectivity index (χ3v) is 2.97. The van der Waals surface area contributed by atoms with E-state index in [1.807, 2.05) is 24.3 Å². The standard InChI is InChI=1S/C11H7FN2S/c12-8-6-15-5-7(8)11-13-9-3-1-2-4-10(9)14-11/h1-6H,(H,13,14). The molecule has 2 heterocycles. The maximum atomic E-state index is 13.3. The number of aromatic amines is 1. The van der Waals surface area contributed by atoms with E-state index < -0.39 is 0 Å². The number of thiophene rings is 1. The van der Waals surface area contributed by atoms with Crippen molar-refractivity contribution in [3.8, 4) is 11.4 Å². The fraction of sp³-hybridized carbons (Fsp3) is 0. The van der Waals surface area contributed by atoms with Crippen molar-refractivity contribution in [3.63, 3.8) is 0 Å². The lowest BCUT2D eigenvalue weighted by molar-refractivity contribution is 0.635. The van der Waals surface area contributed by atoms with Crippen molar-refractivity contribution in [2.24, 2.45) is 0 Å². The monoisotopic (exact) mass is 218 g/mol. The van der Waals surface area contributed by atoms with E-state index in [2.05, 4.69) is 9.97 Å². The van der Waals surface area contributed by atoms with Gasteiger partial charge in [0, 0.05) is 10.8 Å². The van der Waals surface area contributed by atoms with Gasteiger partial charge in [0.1, 0.15) is 11.6 Å². The Morgan fingerprint density at radius 1 is 1.20 bits per heavy atom. The molecule has 15 heavy (non-hydrogen) atoms. The van der Waals surface area contributed by atoms with E-state index in [1.165, 1.54) is 16.7 Å². The minimum absolute atomic E-state index is 0.223. The van der Waals surface area contributed by atoms with Crippen LogP contribution < -0.4 is 0 Å². The van der Waals surface area contributed by atoms with Crippen molar-refractivity contribution in [1.29, 1.82) is 0 Å². The Kier molecular flexibility index (Phi) is 1.82. The van der Waals surface area contributed by atoms with Crippen LogP contribution in [0.5, 0.6) is 0 Å². The Hall–Kier alpha value is -1.68. The van der Waals surface area contributed by atoms with E-state index >= 15 is 0 Å². The zero-order chi connectivity index (χ0) is 10.3. The number of halogens is 1. The van der Waals surface area contributed by atoms with Gasteiger partial charge in [-0.2, -0.15) is 0 Å². The molecule has 0 atom stereocenters. The SMILES string of the molecule is Fc1cscc1-c1nc2ccccc2[nH]1. The summed E-state index contributed by atoms with van der Waals surface area (Å²) in [6, 6.07) is 7.67. The average Bonchev–Trinajstić information content (AvgIpc) is 2.82. The smallest absolute Gasteiger partial charge is 0.144 e. The van der Waals surface area contributed by atoms with Crippen molar-refractivity contribution >= 4 is 22.4 Å². The number of hydrogen-bond acceptors (Lipinski definition) is 2. The Labute approximate surface area is 89.4 Å². The van der Waals surface area contributed by atoms with Gasteiger partial charge >= 0.3 is 0 Å². The van der Waals surface area contributed by atoms with Crippen molar-refractivity contribution in [1.82, 2.24) is 9.97 Å². The summed E-state index contributed by atoms with van der Waals surface area (Å²) in [5.74, 6) is 0.369. The lowest BCUT2D eigenvalue weighted by Crippen LogP contribution is -1.79. The average molecular weight is 218 g/mol. The Balaban J connectivity index is 2.24. The molecule has 3 aromatic rings. The molecule has 2 aromatic heterocycles. The zero-order valence-electron chi connectivity index (χ0n) is 7.70. The molecule has 2 nitrogen and oxygen atoms in total. The van der Waals surface area contributed by atoms with Gasteiger partial charge in [0.05, 0.1) is 16.6 Å². The lowest BCUT2D eigenvalue weighted by Gasteiger charge is -1.89. The topological polar surface area (TPSA) is 28.7 Å². The number of benzene rings is 1. The lowest BCUT2D eigenvalue weighted by atomic mass is 10.3. The van der Waals surface area contributed by atoms with Crippen molar-refractivity contribution in [2.45, 2.75) is 0 Å². The first kappa shape index (κ1) is 8.61. The number of nitrogens with one attached hydrogen (secondary N) is 1. The molecule has 3 rings (SSSR count). The molecule has 0 aliphatic carbocycles. The molecule has 0 radical (unpaired) electrons. The second-order valence-electron chi connectivity index (χ2n) is 3.24. The summed E-state index contributed by atoms with van der Waals surface area (Å²) in [4.78, 5) is 7.42. The van der Waals surface area contributed by atoms with Crippen LogP contribution in [0.25, 0.3) is 22.4 Å². The number of nitrogens with zero attached hydrogens (tertiary/aromatic N) is 1. The van der Waals surface area contributed by atoms with Gasteiger partial charge in [-0.05, 0) is 12.1 Å². The molecule has 0 fully saturated rings. The van der Waals surface area contributed by atoms with Crippen LogP contribution in [0.15, 0.2) is 35.0 Å². The number of aromatic nitrogens is 2. The van der Waals surface area contributed by atoms with Gasteiger partial charge in [-0.1, -0.05) is 12.1 Å². The van der Waals surface area contributed by atoms with Crippen LogP contribution in [0.4, 0.5) is 4.39 Å². The van der Waals surface area contributed by atoms with E-state index in [0.29, 0.717) is 11.4 Å². The highest BCUT2D eigenvalue weighted by Crippen LogP contribution is 2.25. The zero-order valence-corrected chi connectivity index (χ0v) is 8.51. The summed E-state index contributed by atoms with van der Waals surface area (Å²) in [5, 5.41) is 3.23. The van der Waals surface area contributed by atoms with Crippen LogP contribution in [0, 0.1) is 5.82 Å². The van der Waals surface area contributed by atoms with Crippen molar-refractivity contribution < 1.29 is 4.39 Å². The molecular formula is C11H7FN2S. The number of imidazole rings is 1. The molecule has 1 aromatic carbocycles. The maximum Gasteiger partial charge on any atom is 0.144 e. The van der Waals surface area contributed by atoms with Gasteiger partial charge in [-0.15, -0.1) is 11.3 Å². The first-order valence-corrected chi connectivity index (χ1v) is 5.46. The van der Waals surface area contributed by atoms with E-state index in [9.17, 15) is 4.39 Å². The van der Waals surface area contributed by atoms with Crippen LogP contribution in [0.2, 0.25) is 0 Å². The van der Waals surface area contributed by atoms with E-state index in [-0.39, 0.29) is 5.82 Å². The summed E-state index contributed by atoms with van der Waals surface area (Å²) in [6.45, 7) is 0. The third kappa shape index (κ3) is 1.34. The molecule has 0 aliphatic rings. The van der Waals surface area contributed by atoms with E-state index in [1.54, 1.807) is 5.38 Å². The molecule has 0 aliphatic heterocycles. The van der Waals surface area contributed by atoms with Crippen LogP contribution in [-0.2, 0) is 0 Å². The Bertz CT molecular complexity index is 579. The highest BCUT2D eigenvalue weighted by atomic mass is 32.1. The largest absolute Gasteiger partial charge is 0.338 e. The first-order valence-electron chi connectivity index (χ1n) is 4.51. The minimum atomic E-state index is -0.223. The van der Waals surface area contributed by atoms with Gasteiger partial charge in [-0.3, -0.25) is 0 Å². The molecule has 4 heteroatoms. The molecule has 0 bridgehead atoms. The molecule has 1 N–H and O–H groups in total. The molecular weight excluding hydrogens is 211 g/mol. The predicted octanol–water partition coefficient (Wildman–Crippen LogP) is 3.43.